The summed E-state index contributed by atoms with van der Waals surface area (Å²) in [5, 5.41) is 3.98. The Morgan fingerprint density at radius 3 is 2.50 bits per heavy atom. The molecule has 0 N–H and O–H groups in total. The van der Waals surface area contributed by atoms with Gasteiger partial charge in [-0.05, 0) is 43.6 Å². The van der Waals surface area contributed by atoms with E-state index in [2.05, 4.69) is 5.10 Å². The molecule has 4 rings (SSSR count). The highest BCUT2D eigenvalue weighted by Crippen LogP contribution is 2.64. The number of hydrogen-bond acceptors (Lipinski definition) is 1. The van der Waals surface area contributed by atoms with E-state index in [9.17, 15) is 13.2 Å². The molecule has 0 aromatic carbocycles. The van der Waals surface area contributed by atoms with Crippen molar-refractivity contribution in [2.45, 2.75) is 57.7 Å². The monoisotopic (exact) mass is 258 g/mol. The Balaban J connectivity index is 1.79. The fourth-order valence-corrected chi connectivity index (χ4v) is 3.71. The molecule has 0 unspecified atom stereocenters. The minimum atomic E-state index is -2.91. The molecule has 0 amide bonds. The van der Waals surface area contributed by atoms with Gasteiger partial charge in [0.2, 0.25) is 0 Å². The molecule has 3 saturated carbocycles. The van der Waals surface area contributed by atoms with Crippen molar-refractivity contribution in [3.63, 3.8) is 0 Å². The summed E-state index contributed by atoms with van der Waals surface area (Å²) in [4.78, 5) is 0. The average Bonchev–Trinajstić information content (AvgIpc) is 2.76. The summed E-state index contributed by atoms with van der Waals surface area (Å²) in [6, 6.07) is 0. The molecule has 2 bridgehead atoms. The van der Waals surface area contributed by atoms with E-state index >= 15 is 0 Å². The maximum absolute atomic E-state index is 13.7. The van der Waals surface area contributed by atoms with Crippen molar-refractivity contribution < 1.29 is 13.2 Å². The summed E-state index contributed by atoms with van der Waals surface area (Å²) < 4.78 is 41.9. The van der Waals surface area contributed by atoms with E-state index < -0.39 is 11.6 Å². The van der Waals surface area contributed by atoms with Crippen molar-refractivity contribution in [2.24, 2.45) is 5.41 Å². The maximum atomic E-state index is 13.7. The molecular formula is C13H17F3N2. The molecular weight excluding hydrogens is 241 g/mol. The van der Waals surface area contributed by atoms with Crippen LogP contribution in [0.25, 0.3) is 0 Å². The summed E-state index contributed by atoms with van der Waals surface area (Å²) in [7, 11) is 0. The molecule has 1 aromatic heterocycles. The van der Waals surface area contributed by atoms with Crippen molar-refractivity contribution in [3.05, 3.63) is 17.5 Å². The second-order valence-electron chi connectivity index (χ2n) is 6.25. The van der Waals surface area contributed by atoms with E-state index in [4.69, 9.17) is 0 Å². The van der Waals surface area contributed by atoms with Crippen LogP contribution in [-0.2, 0) is 12.5 Å². The number of halogens is 3. The molecule has 1 aromatic rings. The van der Waals surface area contributed by atoms with Crippen LogP contribution in [0.3, 0.4) is 0 Å². The van der Waals surface area contributed by atoms with Gasteiger partial charge in [0.1, 0.15) is 11.4 Å². The lowest BCUT2D eigenvalue weighted by Crippen LogP contribution is -2.42. The van der Waals surface area contributed by atoms with Crippen LogP contribution in [0.2, 0.25) is 0 Å². The zero-order valence-electron chi connectivity index (χ0n) is 10.6. The van der Waals surface area contributed by atoms with E-state index in [1.807, 2.05) is 0 Å². The smallest absolute Gasteiger partial charge is 0.271 e. The summed E-state index contributed by atoms with van der Waals surface area (Å²) in [5.41, 5.74) is -0.668. The zero-order valence-corrected chi connectivity index (χ0v) is 10.6. The number of alkyl halides is 3. The van der Waals surface area contributed by atoms with E-state index in [0.717, 1.165) is 13.3 Å². The Hall–Kier alpha value is -1.00. The van der Waals surface area contributed by atoms with Crippen LogP contribution in [0.5, 0.6) is 0 Å². The molecule has 0 atom stereocenters. The van der Waals surface area contributed by atoms with E-state index in [-0.39, 0.29) is 11.1 Å². The molecule has 3 fully saturated rings. The largest absolute Gasteiger partial charge is 0.289 e. The van der Waals surface area contributed by atoms with Crippen LogP contribution in [0.15, 0.2) is 6.20 Å². The van der Waals surface area contributed by atoms with Crippen LogP contribution < -0.4 is 0 Å². The van der Waals surface area contributed by atoms with Crippen molar-refractivity contribution in [2.75, 3.05) is 0 Å². The first-order valence-corrected chi connectivity index (χ1v) is 6.33. The fourth-order valence-electron chi connectivity index (χ4n) is 3.71. The van der Waals surface area contributed by atoms with Gasteiger partial charge in [-0.2, -0.15) is 13.9 Å². The van der Waals surface area contributed by atoms with Crippen molar-refractivity contribution in [1.29, 1.82) is 0 Å². The van der Waals surface area contributed by atoms with Gasteiger partial charge in [0.15, 0.2) is 0 Å². The van der Waals surface area contributed by atoms with Crippen LogP contribution in [0.1, 0.15) is 43.9 Å². The topological polar surface area (TPSA) is 17.8 Å². The van der Waals surface area contributed by atoms with E-state index in [1.54, 1.807) is 17.8 Å². The van der Waals surface area contributed by atoms with Gasteiger partial charge in [-0.3, -0.25) is 4.68 Å². The first kappa shape index (κ1) is 12.1. The first-order chi connectivity index (χ1) is 8.22. The molecule has 0 radical (unpaired) electrons. The number of aromatic nitrogens is 2. The van der Waals surface area contributed by atoms with E-state index in [0.29, 0.717) is 31.4 Å². The van der Waals surface area contributed by atoms with Crippen molar-refractivity contribution in [3.8, 4) is 0 Å². The first-order valence-electron chi connectivity index (χ1n) is 6.33. The molecule has 0 aliphatic heterocycles. The fraction of sp³-hybridized carbons (Fsp3) is 0.769. The number of aryl methyl sites for hydroxylation is 1. The van der Waals surface area contributed by atoms with Crippen molar-refractivity contribution in [1.82, 2.24) is 9.78 Å². The molecule has 1 heterocycles. The van der Waals surface area contributed by atoms with Crippen LogP contribution in [0.4, 0.5) is 13.2 Å². The van der Waals surface area contributed by atoms with Gasteiger partial charge >= 0.3 is 0 Å². The van der Waals surface area contributed by atoms with E-state index in [1.165, 1.54) is 0 Å². The summed E-state index contributed by atoms with van der Waals surface area (Å²) >= 11 is 0. The Morgan fingerprint density at radius 1 is 1.39 bits per heavy atom. The number of rotatable bonds is 3. The van der Waals surface area contributed by atoms with Crippen LogP contribution in [-0.4, -0.2) is 15.4 Å². The molecule has 0 spiro atoms. The number of fused-ring (bicyclic) bond motifs is 1. The molecule has 3 aliphatic rings. The second-order valence-corrected chi connectivity index (χ2v) is 6.25. The molecule has 0 saturated heterocycles. The Bertz CT molecular complexity index is 481. The highest BCUT2D eigenvalue weighted by atomic mass is 19.3. The summed E-state index contributed by atoms with van der Waals surface area (Å²) in [6.07, 6.45) is 4.25. The molecule has 2 nitrogen and oxygen atoms in total. The minimum absolute atomic E-state index is 0.0342. The lowest BCUT2D eigenvalue weighted by molar-refractivity contribution is -0.00891. The highest BCUT2D eigenvalue weighted by Gasteiger charge is 2.61. The maximum Gasteiger partial charge on any atom is 0.289 e. The lowest BCUT2D eigenvalue weighted by Gasteiger charge is -2.42. The zero-order chi connectivity index (χ0) is 13.2. The molecule has 5 heteroatoms. The van der Waals surface area contributed by atoms with Crippen LogP contribution >= 0.6 is 0 Å². The Kier molecular flexibility index (Phi) is 2.21. The van der Waals surface area contributed by atoms with Crippen molar-refractivity contribution >= 4 is 0 Å². The number of hydrogen-bond donors (Lipinski definition) is 0. The quantitative estimate of drug-likeness (QED) is 0.810. The Labute approximate surface area is 104 Å². The van der Waals surface area contributed by atoms with Gasteiger partial charge < -0.3 is 0 Å². The Morgan fingerprint density at radius 2 is 2.06 bits per heavy atom. The summed E-state index contributed by atoms with van der Waals surface area (Å²) in [5.74, 6) is -2.91. The van der Waals surface area contributed by atoms with Gasteiger partial charge in [0, 0.05) is 19.7 Å². The second kappa shape index (κ2) is 3.31. The summed E-state index contributed by atoms with van der Waals surface area (Å²) in [6.45, 7) is 3.06. The van der Waals surface area contributed by atoms with Gasteiger partial charge in [0.05, 0.1) is 0 Å². The third kappa shape index (κ3) is 1.75. The van der Waals surface area contributed by atoms with Crippen LogP contribution in [0, 0.1) is 12.3 Å². The van der Waals surface area contributed by atoms with Gasteiger partial charge in [-0.1, -0.05) is 0 Å². The third-order valence-electron chi connectivity index (χ3n) is 4.34. The predicted octanol–water partition coefficient (Wildman–Crippen LogP) is 3.59. The minimum Gasteiger partial charge on any atom is -0.271 e. The third-order valence-corrected chi connectivity index (χ3v) is 4.34. The lowest BCUT2D eigenvalue weighted by atomic mass is 9.68. The SMILES string of the molecule is Cc1cn(CC23CCC(F)(C2)C3)nc1C(C)(F)F. The highest BCUT2D eigenvalue weighted by molar-refractivity contribution is 5.20. The van der Waals surface area contributed by atoms with Gasteiger partial charge in [-0.15, -0.1) is 0 Å². The normalized spacial score (nSPS) is 34.7. The molecule has 100 valence electrons. The molecule has 18 heavy (non-hydrogen) atoms. The number of nitrogens with zero attached hydrogens (tertiary/aromatic N) is 2. The van der Waals surface area contributed by atoms with Gasteiger partial charge in [0.25, 0.3) is 5.92 Å². The predicted molar refractivity (Wildman–Crippen MR) is 61.3 cm³/mol. The molecule has 3 aliphatic carbocycles. The van der Waals surface area contributed by atoms with Gasteiger partial charge in [-0.25, -0.2) is 4.39 Å². The standard InChI is InChI=1S/C13H17F3N2/c1-9-5-18(17-10(9)11(2,14)15)8-12-3-4-13(16,6-12)7-12/h5H,3-4,6-8H2,1-2H3. The average molecular weight is 258 g/mol.